The fraction of sp³-hybridized carbons (Fsp3) is 0.800. The van der Waals surface area contributed by atoms with E-state index >= 15 is 0 Å². The van der Waals surface area contributed by atoms with Gasteiger partial charge in [0.25, 0.3) is 0 Å². The first kappa shape index (κ1) is 9.13. The average Bonchev–Trinajstić information content (AvgIpc) is 2.63. The molecule has 0 saturated heterocycles. The van der Waals surface area contributed by atoms with Crippen molar-refractivity contribution in [3.8, 4) is 0 Å². The lowest BCUT2D eigenvalue weighted by molar-refractivity contribution is -0.142. The molecule has 2 atom stereocenters. The number of rotatable bonds is 2. The number of hydrogen-bond acceptors (Lipinski definition) is 4. The van der Waals surface area contributed by atoms with E-state index in [1.54, 1.807) is 0 Å². The van der Waals surface area contributed by atoms with Crippen LogP contribution in [-0.4, -0.2) is 28.1 Å². The Labute approximate surface area is 69.9 Å². The molecule has 1 fully saturated rings. The largest absolute Gasteiger partial charge is 0.469 e. The highest BCUT2D eigenvalue weighted by Gasteiger charge is 2.58. The van der Waals surface area contributed by atoms with Crippen molar-refractivity contribution in [3.05, 3.63) is 0 Å². The maximum atomic E-state index is 10.9. The summed E-state index contributed by atoms with van der Waals surface area (Å²) in [6.45, 7) is 0. The second-order valence-electron chi connectivity index (χ2n) is 2.61. The molecular weight excluding hydrogens is 179 g/mol. The standard InChI is InChI=1S/C5H10N2O2PSi/c1-9-4(8)3-2-5(3,11)10(6)7/h3H,2,6-7H2,1H3/t3-,5+/m1/s1. The molecule has 11 heavy (non-hydrogen) atoms. The van der Waals surface area contributed by atoms with E-state index in [-0.39, 0.29) is 16.7 Å². The molecule has 0 aromatic rings. The number of esters is 1. The van der Waals surface area contributed by atoms with Crippen molar-refractivity contribution in [2.45, 2.75) is 11.2 Å². The van der Waals surface area contributed by atoms with Gasteiger partial charge in [-0.2, -0.15) is 0 Å². The van der Waals surface area contributed by atoms with E-state index < -0.39 is 8.22 Å². The molecule has 4 nitrogen and oxygen atoms in total. The minimum atomic E-state index is -1.10. The number of carbonyl (C=O) groups is 1. The van der Waals surface area contributed by atoms with Crippen LogP contribution in [0.2, 0.25) is 0 Å². The maximum Gasteiger partial charge on any atom is 0.309 e. The van der Waals surface area contributed by atoms with E-state index in [1.165, 1.54) is 7.11 Å². The van der Waals surface area contributed by atoms with Gasteiger partial charge in [-0.3, -0.25) is 15.8 Å². The van der Waals surface area contributed by atoms with Crippen molar-refractivity contribution in [2.75, 3.05) is 7.11 Å². The molecule has 1 rings (SSSR count). The predicted molar refractivity (Wildman–Crippen MR) is 43.9 cm³/mol. The van der Waals surface area contributed by atoms with Gasteiger partial charge in [0.05, 0.1) is 13.0 Å². The van der Waals surface area contributed by atoms with Crippen LogP contribution in [-0.2, 0) is 9.53 Å². The summed E-state index contributed by atoms with van der Waals surface area (Å²) in [5.74, 6) is -0.381. The zero-order valence-corrected chi connectivity index (χ0v) is 8.10. The van der Waals surface area contributed by atoms with Gasteiger partial charge in [0, 0.05) is 23.2 Å². The molecule has 0 unspecified atom stereocenters. The molecule has 4 N–H and O–H groups in total. The fourth-order valence-corrected chi connectivity index (χ4v) is 2.14. The van der Waals surface area contributed by atoms with E-state index in [4.69, 9.17) is 11.0 Å². The van der Waals surface area contributed by atoms with Crippen LogP contribution in [0, 0.1) is 5.92 Å². The van der Waals surface area contributed by atoms with Gasteiger partial charge in [-0.25, -0.2) is 0 Å². The van der Waals surface area contributed by atoms with Crippen molar-refractivity contribution < 1.29 is 9.53 Å². The summed E-state index contributed by atoms with van der Waals surface area (Å²) in [7, 11) is 3.66. The molecule has 0 aliphatic heterocycles. The zero-order valence-electron chi connectivity index (χ0n) is 6.20. The first-order valence-corrected chi connectivity index (χ1v) is 5.13. The summed E-state index contributed by atoms with van der Waals surface area (Å²) in [6.07, 6.45) is 0.690. The summed E-state index contributed by atoms with van der Waals surface area (Å²) in [5.41, 5.74) is 11.0. The molecule has 6 heteroatoms. The minimum Gasteiger partial charge on any atom is -0.469 e. The molecule has 0 amide bonds. The van der Waals surface area contributed by atoms with Crippen LogP contribution in [0.5, 0.6) is 0 Å². The normalized spacial score (nSPS) is 35.5. The molecule has 0 heterocycles. The summed E-state index contributed by atoms with van der Waals surface area (Å²) in [4.78, 5) is 10.9. The quantitative estimate of drug-likeness (QED) is 0.341. The third-order valence-electron chi connectivity index (χ3n) is 1.88. The fourth-order valence-electron chi connectivity index (χ4n) is 0.958. The monoisotopic (exact) mass is 189 g/mol. The number of ether oxygens (including phenoxy) is 1. The van der Waals surface area contributed by atoms with Crippen LogP contribution in [0.1, 0.15) is 6.42 Å². The Morgan fingerprint density at radius 2 is 2.36 bits per heavy atom. The first-order valence-electron chi connectivity index (χ1n) is 3.15. The molecule has 3 radical (unpaired) electrons. The molecular formula is C5H10N2O2PSi. The van der Waals surface area contributed by atoms with Crippen molar-refractivity contribution in [2.24, 2.45) is 16.9 Å². The van der Waals surface area contributed by atoms with Gasteiger partial charge in [0.15, 0.2) is 0 Å². The van der Waals surface area contributed by atoms with Crippen molar-refractivity contribution in [3.63, 3.8) is 0 Å². The highest BCUT2D eigenvalue weighted by atomic mass is 31.1. The van der Waals surface area contributed by atoms with Crippen LogP contribution >= 0.6 is 8.22 Å². The lowest BCUT2D eigenvalue weighted by atomic mass is 10.4. The van der Waals surface area contributed by atoms with Crippen molar-refractivity contribution in [1.29, 1.82) is 0 Å². The minimum absolute atomic E-state index is 0.148. The third-order valence-corrected chi connectivity index (χ3v) is 4.62. The van der Waals surface area contributed by atoms with Gasteiger partial charge in [0.2, 0.25) is 0 Å². The van der Waals surface area contributed by atoms with Crippen LogP contribution in [0.3, 0.4) is 0 Å². The highest BCUT2D eigenvalue weighted by Crippen LogP contribution is 2.58. The Morgan fingerprint density at radius 1 is 1.82 bits per heavy atom. The topological polar surface area (TPSA) is 78.3 Å². The van der Waals surface area contributed by atoms with Crippen LogP contribution in [0.25, 0.3) is 0 Å². The zero-order chi connectivity index (χ0) is 8.65. The average molecular weight is 189 g/mol. The predicted octanol–water partition coefficient (Wildman–Crippen LogP) is -0.727. The van der Waals surface area contributed by atoms with Gasteiger partial charge in [-0.15, -0.1) is 0 Å². The Hall–Kier alpha value is 0.0369. The van der Waals surface area contributed by atoms with Crippen molar-refractivity contribution in [1.82, 2.24) is 0 Å². The summed E-state index contributed by atoms with van der Waals surface area (Å²) in [6, 6.07) is 0. The molecule has 0 bridgehead atoms. The first-order chi connectivity index (χ1) is 5.02. The number of nitrogens with two attached hydrogens (primary N) is 2. The lowest BCUT2D eigenvalue weighted by Gasteiger charge is -2.13. The van der Waals surface area contributed by atoms with E-state index in [9.17, 15) is 4.79 Å². The van der Waals surface area contributed by atoms with Gasteiger partial charge in [-0.05, 0) is 6.42 Å². The van der Waals surface area contributed by atoms with Gasteiger partial charge >= 0.3 is 5.97 Å². The molecule has 0 aromatic heterocycles. The summed E-state index contributed by atoms with van der Waals surface area (Å²) < 4.78 is 4.19. The smallest absolute Gasteiger partial charge is 0.309 e. The molecule has 1 saturated carbocycles. The second-order valence-corrected chi connectivity index (χ2v) is 5.54. The Bertz CT molecular complexity index is 189. The Balaban J connectivity index is 2.53. The lowest BCUT2D eigenvalue weighted by Crippen LogP contribution is -2.23. The van der Waals surface area contributed by atoms with Crippen molar-refractivity contribution >= 4 is 24.4 Å². The number of methoxy groups -OCH3 is 1. The molecule has 61 valence electrons. The Kier molecular flexibility index (Phi) is 2.34. The molecule has 0 aromatic carbocycles. The van der Waals surface area contributed by atoms with E-state index in [0.717, 1.165) is 0 Å². The van der Waals surface area contributed by atoms with Gasteiger partial charge in [0.1, 0.15) is 0 Å². The third kappa shape index (κ3) is 1.46. The molecule has 1 aliphatic carbocycles. The van der Waals surface area contributed by atoms with Gasteiger partial charge < -0.3 is 4.74 Å². The number of hydrogen-bond donors (Lipinski definition) is 2. The van der Waals surface area contributed by atoms with Gasteiger partial charge in [-0.1, -0.05) is 0 Å². The van der Waals surface area contributed by atoms with Crippen LogP contribution in [0.15, 0.2) is 0 Å². The molecule has 1 aliphatic rings. The van der Waals surface area contributed by atoms with Crippen LogP contribution in [0.4, 0.5) is 0 Å². The van der Waals surface area contributed by atoms with Crippen LogP contribution < -0.4 is 11.0 Å². The van der Waals surface area contributed by atoms with E-state index in [2.05, 4.69) is 15.0 Å². The van der Waals surface area contributed by atoms with E-state index in [1.807, 2.05) is 0 Å². The number of carbonyl (C=O) groups excluding carboxylic acids is 1. The SMILES string of the molecule is COC(=O)[C@H]1C[C@@]1([Si])P(N)N. The van der Waals surface area contributed by atoms with E-state index in [0.29, 0.717) is 6.42 Å². The highest BCUT2D eigenvalue weighted by molar-refractivity contribution is 7.56. The maximum absolute atomic E-state index is 10.9. The summed E-state index contributed by atoms with van der Waals surface area (Å²) in [5, 5.41) is 0. The molecule has 0 spiro atoms. The Morgan fingerprint density at radius 3 is 2.64 bits per heavy atom. The second kappa shape index (κ2) is 2.82. The summed E-state index contributed by atoms with van der Waals surface area (Å²) >= 11 is 0.